The Morgan fingerprint density at radius 1 is 1.03 bits per heavy atom. The molecule has 32 heavy (non-hydrogen) atoms. The molecule has 0 spiro atoms. The first-order valence-corrected chi connectivity index (χ1v) is 10.2. The van der Waals surface area contributed by atoms with Gasteiger partial charge in [0.15, 0.2) is 0 Å². The first-order chi connectivity index (χ1) is 15.4. The molecule has 162 valence electrons. The molecule has 1 heterocycles. The van der Waals surface area contributed by atoms with Gasteiger partial charge in [-0.15, -0.1) is 0 Å². The number of ether oxygens (including phenoxy) is 1. The van der Waals surface area contributed by atoms with Gasteiger partial charge in [-0.05, 0) is 53.9 Å². The Bertz CT molecular complexity index is 1200. The van der Waals surface area contributed by atoms with Crippen LogP contribution in [0.15, 0.2) is 78.4 Å². The standard InChI is InChI=1S/C26H22FNO4/c1-3-16-7-13-20(14-8-16)28-23(17-9-11-19(27)12-10-17)22(25(30)26(28)31)24(29)18-5-4-6-21(15-18)32-2/h4-15,23,29H,3H2,1-2H3/b24-22-. The number of halogens is 1. The van der Waals surface area contributed by atoms with Crippen molar-refractivity contribution in [2.45, 2.75) is 19.4 Å². The highest BCUT2D eigenvalue weighted by molar-refractivity contribution is 6.51. The van der Waals surface area contributed by atoms with E-state index in [0.717, 1.165) is 12.0 Å². The van der Waals surface area contributed by atoms with Crippen LogP contribution in [0.5, 0.6) is 5.75 Å². The van der Waals surface area contributed by atoms with Crippen LogP contribution >= 0.6 is 0 Å². The number of rotatable bonds is 5. The fourth-order valence-corrected chi connectivity index (χ4v) is 3.88. The Kier molecular flexibility index (Phi) is 5.77. The molecule has 1 unspecified atom stereocenters. The van der Waals surface area contributed by atoms with Crippen LogP contribution in [0.2, 0.25) is 0 Å². The van der Waals surface area contributed by atoms with Crippen LogP contribution in [0.1, 0.15) is 29.7 Å². The van der Waals surface area contributed by atoms with Crippen LogP contribution in [0.3, 0.4) is 0 Å². The van der Waals surface area contributed by atoms with Crippen LogP contribution in [0.25, 0.3) is 5.76 Å². The lowest BCUT2D eigenvalue weighted by molar-refractivity contribution is -0.132. The van der Waals surface area contributed by atoms with Crippen molar-refractivity contribution in [2.75, 3.05) is 12.0 Å². The van der Waals surface area contributed by atoms with Crippen LogP contribution < -0.4 is 9.64 Å². The lowest BCUT2D eigenvalue weighted by Crippen LogP contribution is -2.29. The number of Topliss-reactive ketones (excluding diaryl/α,β-unsaturated/α-hetero) is 1. The quantitative estimate of drug-likeness (QED) is 0.350. The Balaban J connectivity index is 1.92. The zero-order valence-electron chi connectivity index (χ0n) is 17.7. The lowest BCUT2D eigenvalue weighted by Gasteiger charge is -2.25. The van der Waals surface area contributed by atoms with Gasteiger partial charge in [-0.1, -0.05) is 43.3 Å². The Hall–Kier alpha value is -3.93. The maximum atomic E-state index is 13.6. The van der Waals surface area contributed by atoms with E-state index in [0.29, 0.717) is 22.6 Å². The Morgan fingerprint density at radius 2 is 1.72 bits per heavy atom. The third kappa shape index (κ3) is 3.75. The molecule has 1 fully saturated rings. The fourth-order valence-electron chi connectivity index (χ4n) is 3.88. The molecule has 1 amide bonds. The molecular formula is C26H22FNO4. The maximum Gasteiger partial charge on any atom is 0.300 e. The molecule has 3 aromatic carbocycles. The third-order valence-electron chi connectivity index (χ3n) is 5.60. The number of anilines is 1. The molecular weight excluding hydrogens is 409 g/mol. The van der Waals surface area contributed by atoms with E-state index < -0.39 is 23.5 Å². The first-order valence-electron chi connectivity index (χ1n) is 10.2. The molecule has 1 N–H and O–H groups in total. The zero-order valence-corrected chi connectivity index (χ0v) is 17.7. The van der Waals surface area contributed by atoms with Gasteiger partial charge in [-0.2, -0.15) is 0 Å². The molecule has 0 radical (unpaired) electrons. The van der Waals surface area contributed by atoms with Crippen molar-refractivity contribution in [3.63, 3.8) is 0 Å². The SMILES string of the molecule is CCc1ccc(N2C(=O)C(=O)/C(=C(\O)c3cccc(OC)c3)C2c2ccc(F)cc2)cc1. The molecule has 1 saturated heterocycles. The van der Waals surface area contributed by atoms with Crippen LogP contribution in [-0.4, -0.2) is 23.9 Å². The highest BCUT2D eigenvalue weighted by Crippen LogP contribution is 2.42. The summed E-state index contributed by atoms with van der Waals surface area (Å²) in [5.74, 6) is -1.82. The summed E-state index contributed by atoms with van der Waals surface area (Å²) in [6.07, 6.45) is 0.830. The van der Waals surface area contributed by atoms with E-state index in [1.165, 1.54) is 36.3 Å². The topological polar surface area (TPSA) is 66.8 Å². The van der Waals surface area contributed by atoms with Crippen molar-refractivity contribution in [2.24, 2.45) is 0 Å². The van der Waals surface area contributed by atoms with Gasteiger partial charge in [0.2, 0.25) is 0 Å². The predicted molar refractivity (Wildman–Crippen MR) is 120 cm³/mol. The second-order valence-corrected chi connectivity index (χ2v) is 7.47. The van der Waals surface area contributed by atoms with Crippen molar-refractivity contribution in [1.82, 2.24) is 0 Å². The molecule has 5 nitrogen and oxygen atoms in total. The highest BCUT2D eigenvalue weighted by atomic mass is 19.1. The van der Waals surface area contributed by atoms with Gasteiger partial charge in [0, 0.05) is 11.3 Å². The van der Waals surface area contributed by atoms with E-state index >= 15 is 0 Å². The molecule has 4 rings (SSSR count). The minimum absolute atomic E-state index is 0.0607. The summed E-state index contributed by atoms with van der Waals surface area (Å²) in [6.45, 7) is 2.02. The van der Waals surface area contributed by atoms with E-state index in [1.54, 1.807) is 36.4 Å². The van der Waals surface area contributed by atoms with Gasteiger partial charge >= 0.3 is 0 Å². The number of ketones is 1. The fraction of sp³-hybridized carbons (Fsp3) is 0.154. The maximum absolute atomic E-state index is 13.6. The molecule has 0 bridgehead atoms. The monoisotopic (exact) mass is 431 g/mol. The van der Waals surface area contributed by atoms with Crippen molar-refractivity contribution in [3.05, 3.63) is 101 Å². The predicted octanol–water partition coefficient (Wildman–Crippen LogP) is 5.02. The molecule has 1 aliphatic rings. The molecule has 0 saturated carbocycles. The number of benzene rings is 3. The largest absolute Gasteiger partial charge is 0.507 e. The second kappa shape index (κ2) is 8.67. The smallest absolute Gasteiger partial charge is 0.300 e. The third-order valence-corrected chi connectivity index (χ3v) is 5.60. The van der Waals surface area contributed by atoms with Gasteiger partial charge in [0.25, 0.3) is 11.7 Å². The molecule has 3 aromatic rings. The van der Waals surface area contributed by atoms with Crippen LogP contribution in [0.4, 0.5) is 10.1 Å². The number of nitrogens with zero attached hydrogens (tertiary/aromatic N) is 1. The van der Waals surface area contributed by atoms with Crippen LogP contribution in [0, 0.1) is 5.82 Å². The average Bonchev–Trinajstić information content (AvgIpc) is 3.09. The number of carbonyl (C=O) groups is 2. The number of aliphatic hydroxyl groups excluding tert-OH is 1. The minimum atomic E-state index is -0.908. The minimum Gasteiger partial charge on any atom is -0.507 e. The Labute approximate surface area is 185 Å². The zero-order chi connectivity index (χ0) is 22.8. The number of aliphatic hydroxyl groups is 1. The van der Waals surface area contributed by atoms with E-state index in [1.807, 2.05) is 19.1 Å². The molecule has 0 aliphatic carbocycles. The second-order valence-electron chi connectivity index (χ2n) is 7.47. The highest BCUT2D eigenvalue weighted by Gasteiger charge is 2.47. The van der Waals surface area contributed by atoms with E-state index in [4.69, 9.17) is 4.74 Å². The summed E-state index contributed by atoms with van der Waals surface area (Å²) < 4.78 is 18.8. The molecule has 6 heteroatoms. The normalized spacial score (nSPS) is 17.6. The van der Waals surface area contributed by atoms with Crippen molar-refractivity contribution in [1.29, 1.82) is 0 Å². The number of carbonyl (C=O) groups excluding carboxylic acids is 2. The summed E-state index contributed by atoms with van der Waals surface area (Å²) in [5, 5.41) is 11.1. The summed E-state index contributed by atoms with van der Waals surface area (Å²) in [5.41, 5.74) is 2.39. The molecule has 1 atom stereocenters. The van der Waals surface area contributed by atoms with E-state index in [2.05, 4.69) is 0 Å². The van der Waals surface area contributed by atoms with Gasteiger partial charge in [0.1, 0.15) is 17.3 Å². The first kappa shape index (κ1) is 21.3. The molecule has 1 aliphatic heterocycles. The number of amides is 1. The summed E-state index contributed by atoms with van der Waals surface area (Å²) >= 11 is 0. The molecule has 0 aromatic heterocycles. The van der Waals surface area contributed by atoms with E-state index in [-0.39, 0.29) is 11.3 Å². The average molecular weight is 431 g/mol. The Morgan fingerprint density at radius 3 is 2.34 bits per heavy atom. The summed E-state index contributed by atoms with van der Waals surface area (Å²) in [6, 6.07) is 18.6. The number of methoxy groups -OCH3 is 1. The van der Waals surface area contributed by atoms with Crippen molar-refractivity contribution < 1.29 is 23.8 Å². The number of hydrogen-bond donors (Lipinski definition) is 1. The van der Waals surface area contributed by atoms with Gasteiger partial charge in [-0.25, -0.2) is 4.39 Å². The van der Waals surface area contributed by atoms with E-state index in [9.17, 15) is 19.1 Å². The van der Waals surface area contributed by atoms with Crippen molar-refractivity contribution >= 4 is 23.1 Å². The lowest BCUT2D eigenvalue weighted by atomic mass is 9.95. The summed E-state index contributed by atoms with van der Waals surface area (Å²) in [7, 11) is 1.50. The van der Waals surface area contributed by atoms with Gasteiger partial charge in [-0.3, -0.25) is 14.5 Å². The van der Waals surface area contributed by atoms with Gasteiger partial charge < -0.3 is 9.84 Å². The van der Waals surface area contributed by atoms with Crippen LogP contribution in [-0.2, 0) is 16.0 Å². The number of aryl methyl sites for hydroxylation is 1. The number of hydrogen-bond acceptors (Lipinski definition) is 4. The summed E-state index contributed by atoms with van der Waals surface area (Å²) in [4.78, 5) is 27.6. The van der Waals surface area contributed by atoms with Crippen molar-refractivity contribution in [3.8, 4) is 5.75 Å². The van der Waals surface area contributed by atoms with Gasteiger partial charge in [0.05, 0.1) is 18.7 Å².